The van der Waals surface area contributed by atoms with Gasteiger partial charge in [-0.15, -0.1) is 0 Å². The average Bonchev–Trinajstić information content (AvgIpc) is 2.81. The molecule has 1 aromatic rings. The molecule has 0 aromatic heterocycles. The molecule has 3 rings (SSSR count). The number of aryl methyl sites for hydroxylation is 1. The molecule has 2 atom stereocenters. The standard InChI is InChI=1S/C15H19BrN2O3S/c1-11-5-7-12(8-6-11)22(20,21)18-14(19)10-15(17-18)9-3-2-4-13(15)16/h5-8,13,17H,2-4,9-10H2,1H3/t13-,15+/m0/s1. The highest BCUT2D eigenvalue weighted by atomic mass is 79.9. The molecule has 1 N–H and O–H groups in total. The number of halogens is 1. The first-order chi connectivity index (χ1) is 10.3. The first-order valence-electron chi connectivity index (χ1n) is 7.42. The Labute approximate surface area is 139 Å². The van der Waals surface area contributed by atoms with E-state index in [0.717, 1.165) is 35.7 Å². The van der Waals surface area contributed by atoms with Crippen LogP contribution in [-0.2, 0) is 14.8 Å². The molecular formula is C15H19BrN2O3S. The number of hydrazine groups is 1. The normalized spacial score (nSPS) is 29.3. The van der Waals surface area contributed by atoms with E-state index < -0.39 is 15.6 Å². The van der Waals surface area contributed by atoms with Gasteiger partial charge in [-0.25, -0.2) is 5.43 Å². The van der Waals surface area contributed by atoms with Crippen molar-refractivity contribution >= 4 is 31.9 Å². The Morgan fingerprint density at radius 1 is 1.27 bits per heavy atom. The summed E-state index contributed by atoms with van der Waals surface area (Å²) in [5.74, 6) is -0.382. The maximum Gasteiger partial charge on any atom is 0.280 e. The van der Waals surface area contributed by atoms with Crippen LogP contribution in [-0.4, -0.2) is 29.1 Å². The summed E-state index contributed by atoms with van der Waals surface area (Å²) in [6, 6.07) is 6.54. The zero-order valence-corrected chi connectivity index (χ0v) is 14.8. The van der Waals surface area contributed by atoms with Crippen molar-refractivity contribution in [1.82, 2.24) is 9.84 Å². The third-order valence-corrected chi connectivity index (χ3v) is 7.48. The number of carbonyl (C=O) groups is 1. The molecule has 1 saturated carbocycles. The van der Waals surface area contributed by atoms with Crippen molar-refractivity contribution in [3.05, 3.63) is 29.8 Å². The number of sulfonamides is 1. The van der Waals surface area contributed by atoms with Crippen LogP contribution in [0.25, 0.3) is 0 Å². The van der Waals surface area contributed by atoms with Crippen LogP contribution in [0.3, 0.4) is 0 Å². The summed E-state index contributed by atoms with van der Waals surface area (Å²) in [6.45, 7) is 1.89. The molecule has 1 heterocycles. The molecule has 1 aliphatic carbocycles. The Kier molecular flexibility index (Phi) is 4.07. The predicted octanol–water partition coefficient (Wildman–Crippen LogP) is 2.50. The van der Waals surface area contributed by atoms with Gasteiger partial charge in [0.05, 0.1) is 16.9 Å². The molecule has 0 radical (unpaired) electrons. The highest BCUT2D eigenvalue weighted by Crippen LogP contribution is 2.40. The van der Waals surface area contributed by atoms with Crippen LogP contribution in [0.1, 0.15) is 37.7 Å². The molecule has 2 aliphatic rings. The summed E-state index contributed by atoms with van der Waals surface area (Å²) in [6.07, 6.45) is 4.06. The SMILES string of the molecule is Cc1ccc(S(=O)(=O)N2N[C@]3(CCCC[C@@H]3Br)CC2=O)cc1. The third-order valence-electron chi connectivity index (χ3n) is 4.51. The van der Waals surface area contributed by atoms with Gasteiger partial charge in [0, 0.05) is 4.83 Å². The van der Waals surface area contributed by atoms with Crippen LogP contribution in [0.15, 0.2) is 29.2 Å². The number of alkyl halides is 1. The zero-order valence-electron chi connectivity index (χ0n) is 12.4. The third kappa shape index (κ3) is 2.59. The molecule has 1 amide bonds. The Morgan fingerprint density at radius 2 is 1.95 bits per heavy atom. The Balaban J connectivity index is 1.91. The summed E-state index contributed by atoms with van der Waals surface area (Å²) in [7, 11) is -3.85. The molecule has 1 aromatic carbocycles. The van der Waals surface area contributed by atoms with Gasteiger partial charge >= 0.3 is 0 Å². The van der Waals surface area contributed by atoms with Crippen LogP contribution in [0.4, 0.5) is 0 Å². The average molecular weight is 387 g/mol. The minimum Gasteiger partial charge on any atom is -0.272 e. The monoisotopic (exact) mass is 386 g/mol. The number of rotatable bonds is 2. The van der Waals surface area contributed by atoms with Crippen LogP contribution in [0.5, 0.6) is 0 Å². The van der Waals surface area contributed by atoms with Gasteiger partial charge in [-0.2, -0.15) is 12.8 Å². The van der Waals surface area contributed by atoms with Crippen LogP contribution < -0.4 is 5.43 Å². The maximum absolute atomic E-state index is 12.7. The Hall–Kier alpha value is -0.920. The predicted molar refractivity (Wildman–Crippen MR) is 86.9 cm³/mol. The molecule has 7 heteroatoms. The molecule has 1 spiro atoms. The van der Waals surface area contributed by atoms with Gasteiger partial charge in [0.2, 0.25) is 0 Å². The van der Waals surface area contributed by atoms with Crippen molar-refractivity contribution in [3.63, 3.8) is 0 Å². The van der Waals surface area contributed by atoms with Crippen molar-refractivity contribution in [2.45, 2.75) is 54.3 Å². The number of nitrogens with one attached hydrogen (secondary N) is 1. The minimum atomic E-state index is -3.85. The highest BCUT2D eigenvalue weighted by molar-refractivity contribution is 9.09. The van der Waals surface area contributed by atoms with Gasteiger partial charge < -0.3 is 0 Å². The van der Waals surface area contributed by atoms with E-state index in [-0.39, 0.29) is 22.1 Å². The lowest BCUT2D eigenvalue weighted by Gasteiger charge is -2.37. The van der Waals surface area contributed by atoms with Gasteiger partial charge in [-0.05, 0) is 31.9 Å². The molecular weight excluding hydrogens is 368 g/mol. The van der Waals surface area contributed by atoms with E-state index in [4.69, 9.17) is 0 Å². The smallest absolute Gasteiger partial charge is 0.272 e. The number of benzene rings is 1. The van der Waals surface area contributed by atoms with Crippen LogP contribution >= 0.6 is 15.9 Å². The number of hydrogen-bond donors (Lipinski definition) is 1. The van der Waals surface area contributed by atoms with Gasteiger partial charge in [-0.3, -0.25) is 4.79 Å². The van der Waals surface area contributed by atoms with Crippen LogP contribution in [0, 0.1) is 6.92 Å². The van der Waals surface area contributed by atoms with Crippen molar-refractivity contribution < 1.29 is 13.2 Å². The topological polar surface area (TPSA) is 66.5 Å². The van der Waals surface area contributed by atoms with Gasteiger partial charge in [0.1, 0.15) is 0 Å². The fourth-order valence-electron chi connectivity index (χ4n) is 3.18. The Bertz CT molecular complexity index is 689. The first-order valence-corrected chi connectivity index (χ1v) is 9.77. The minimum absolute atomic E-state index is 0.107. The van der Waals surface area contributed by atoms with Gasteiger partial charge in [-0.1, -0.05) is 46.5 Å². The summed E-state index contributed by atoms with van der Waals surface area (Å²) < 4.78 is 26.3. The molecule has 1 aliphatic heterocycles. The van der Waals surface area contributed by atoms with Crippen LogP contribution in [0.2, 0.25) is 0 Å². The molecule has 0 unspecified atom stereocenters. The fraction of sp³-hybridized carbons (Fsp3) is 0.533. The largest absolute Gasteiger partial charge is 0.280 e. The number of amides is 1. The fourth-order valence-corrected chi connectivity index (χ4v) is 5.32. The molecule has 2 fully saturated rings. The molecule has 5 nitrogen and oxygen atoms in total. The lowest BCUT2D eigenvalue weighted by Crippen LogP contribution is -2.54. The quantitative estimate of drug-likeness (QED) is 0.792. The summed E-state index contributed by atoms with van der Waals surface area (Å²) in [5, 5.41) is 0. The van der Waals surface area contributed by atoms with E-state index >= 15 is 0 Å². The van der Waals surface area contributed by atoms with Crippen molar-refractivity contribution in [2.75, 3.05) is 0 Å². The molecule has 1 saturated heterocycles. The lowest BCUT2D eigenvalue weighted by molar-refractivity contribution is -0.124. The van der Waals surface area contributed by atoms with E-state index in [2.05, 4.69) is 21.4 Å². The number of carbonyl (C=O) groups excluding carboxylic acids is 1. The highest BCUT2D eigenvalue weighted by Gasteiger charge is 2.51. The van der Waals surface area contributed by atoms with E-state index in [1.807, 2.05) is 6.92 Å². The summed E-state index contributed by atoms with van der Waals surface area (Å²) >= 11 is 3.62. The lowest BCUT2D eigenvalue weighted by atomic mass is 9.80. The Morgan fingerprint density at radius 3 is 2.59 bits per heavy atom. The van der Waals surface area contributed by atoms with Gasteiger partial charge in [0.15, 0.2) is 0 Å². The van der Waals surface area contributed by atoms with E-state index in [1.54, 1.807) is 12.1 Å². The molecule has 120 valence electrons. The van der Waals surface area contributed by atoms with E-state index in [0.29, 0.717) is 0 Å². The van der Waals surface area contributed by atoms with Crippen molar-refractivity contribution in [1.29, 1.82) is 0 Å². The summed E-state index contributed by atoms with van der Waals surface area (Å²) in [5.41, 5.74) is 3.50. The first kappa shape index (κ1) is 16.0. The number of nitrogens with zero attached hydrogens (tertiary/aromatic N) is 1. The van der Waals surface area contributed by atoms with Crippen molar-refractivity contribution in [3.8, 4) is 0 Å². The summed E-state index contributed by atoms with van der Waals surface area (Å²) in [4.78, 5) is 12.6. The van der Waals surface area contributed by atoms with Gasteiger partial charge in [0.25, 0.3) is 15.9 Å². The molecule has 22 heavy (non-hydrogen) atoms. The van der Waals surface area contributed by atoms with E-state index in [9.17, 15) is 13.2 Å². The number of hydrogen-bond acceptors (Lipinski definition) is 4. The zero-order chi connectivity index (χ0) is 16.0. The van der Waals surface area contributed by atoms with Crippen molar-refractivity contribution in [2.24, 2.45) is 0 Å². The second-order valence-corrected chi connectivity index (χ2v) is 9.03. The second-order valence-electron chi connectivity index (χ2n) is 6.13. The second kappa shape index (κ2) is 5.62. The van der Waals surface area contributed by atoms with E-state index in [1.165, 1.54) is 12.1 Å². The molecule has 0 bridgehead atoms. The maximum atomic E-state index is 12.7.